The van der Waals surface area contributed by atoms with Gasteiger partial charge in [0.2, 0.25) is 0 Å². The molecule has 0 aliphatic rings. The van der Waals surface area contributed by atoms with E-state index < -0.39 is 0 Å². The van der Waals surface area contributed by atoms with Crippen molar-refractivity contribution in [3.05, 3.63) is 39.4 Å². The number of halogens is 1. The van der Waals surface area contributed by atoms with Crippen LogP contribution < -0.4 is 10.6 Å². The van der Waals surface area contributed by atoms with Crippen molar-refractivity contribution >= 4 is 41.3 Å². The molecule has 0 saturated carbocycles. The van der Waals surface area contributed by atoms with Crippen LogP contribution in [0.2, 0.25) is 0 Å². The Labute approximate surface area is 159 Å². The van der Waals surface area contributed by atoms with Gasteiger partial charge in [-0.3, -0.25) is 0 Å². The number of aryl methyl sites for hydroxylation is 2. The Kier molecular flexibility index (Phi) is 8.60. The van der Waals surface area contributed by atoms with Gasteiger partial charge in [0, 0.05) is 29.4 Å². The number of nitrogens with one attached hydrogen (secondary N) is 2. The van der Waals surface area contributed by atoms with Gasteiger partial charge in [-0.2, -0.15) is 0 Å². The number of hydrogen-bond acceptors (Lipinski definition) is 4. The highest BCUT2D eigenvalue weighted by Gasteiger charge is 2.16. The molecule has 0 aromatic carbocycles. The van der Waals surface area contributed by atoms with Gasteiger partial charge in [0.15, 0.2) is 5.96 Å². The fourth-order valence-corrected chi connectivity index (χ4v) is 3.07. The van der Waals surface area contributed by atoms with Crippen LogP contribution in [0.15, 0.2) is 27.0 Å². The summed E-state index contributed by atoms with van der Waals surface area (Å²) >= 11 is 1.73. The third-order valence-corrected chi connectivity index (χ3v) is 4.34. The third-order valence-electron chi connectivity index (χ3n) is 3.47. The van der Waals surface area contributed by atoms with Crippen molar-refractivity contribution in [3.8, 4) is 0 Å². The topological polar surface area (TPSA) is 62.5 Å². The average Bonchev–Trinajstić information content (AvgIpc) is 3.12. The number of aromatic nitrogens is 1. The molecule has 2 rings (SSSR count). The second-order valence-corrected chi connectivity index (χ2v) is 6.33. The van der Waals surface area contributed by atoms with Gasteiger partial charge in [-0.1, -0.05) is 18.1 Å². The van der Waals surface area contributed by atoms with Crippen LogP contribution in [0.25, 0.3) is 0 Å². The van der Waals surface area contributed by atoms with E-state index in [1.807, 2.05) is 13.8 Å². The number of hydrogen-bond donors (Lipinski definition) is 2. The molecule has 0 radical (unpaired) electrons. The Morgan fingerprint density at radius 3 is 2.74 bits per heavy atom. The molecule has 2 heterocycles. The Balaban J connectivity index is 0.00000264. The van der Waals surface area contributed by atoms with Crippen molar-refractivity contribution in [3.63, 3.8) is 0 Å². The first-order chi connectivity index (χ1) is 10.6. The second kappa shape index (κ2) is 9.92. The van der Waals surface area contributed by atoms with E-state index in [0.29, 0.717) is 12.5 Å². The van der Waals surface area contributed by atoms with Crippen LogP contribution in [0, 0.1) is 13.8 Å². The molecule has 7 heteroatoms. The quantitative estimate of drug-likeness (QED) is 0.401. The van der Waals surface area contributed by atoms with E-state index in [2.05, 4.69) is 52.1 Å². The van der Waals surface area contributed by atoms with Crippen molar-refractivity contribution in [1.29, 1.82) is 0 Å². The molecule has 1 atom stereocenters. The van der Waals surface area contributed by atoms with Gasteiger partial charge in [0.1, 0.15) is 5.76 Å². The molecule has 23 heavy (non-hydrogen) atoms. The minimum Gasteiger partial charge on any atom is -0.361 e. The van der Waals surface area contributed by atoms with Gasteiger partial charge >= 0.3 is 0 Å². The highest BCUT2D eigenvalue weighted by molar-refractivity contribution is 14.0. The lowest BCUT2D eigenvalue weighted by atomic mass is 10.00. The van der Waals surface area contributed by atoms with Gasteiger partial charge in [0.25, 0.3) is 0 Å². The SMILES string of the molecule is CCNC(=NCc1cccs1)NCC(C)c1c(C)noc1C.I. The molecule has 2 aromatic heterocycles. The molecule has 0 aliphatic carbocycles. The summed E-state index contributed by atoms with van der Waals surface area (Å²) in [5.41, 5.74) is 2.15. The molecule has 2 aromatic rings. The lowest BCUT2D eigenvalue weighted by Gasteiger charge is -2.15. The van der Waals surface area contributed by atoms with Crippen LogP contribution in [-0.2, 0) is 6.54 Å². The predicted octanol–water partition coefficient (Wildman–Crippen LogP) is 3.83. The predicted molar refractivity (Wildman–Crippen MR) is 107 cm³/mol. The van der Waals surface area contributed by atoms with E-state index in [0.717, 1.165) is 30.5 Å². The van der Waals surface area contributed by atoms with E-state index in [1.165, 1.54) is 10.4 Å². The zero-order chi connectivity index (χ0) is 15.9. The summed E-state index contributed by atoms with van der Waals surface area (Å²) < 4.78 is 5.24. The molecule has 128 valence electrons. The molecule has 0 fully saturated rings. The summed E-state index contributed by atoms with van der Waals surface area (Å²) in [5, 5.41) is 12.8. The van der Waals surface area contributed by atoms with Crippen LogP contribution in [-0.4, -0.2) is 24.2 Å². The van der Waals surface area contributed by atoms with Crippen LogP contribution in [0.3, 0.4) is 0 Å². The zero-order valence-electron chi connectivity index (χ0n) is 14.0. The van der Waals surface area contributed by atoms with Crippen molar-refractivity contribution in [2.24, 2.45) is 4.99 Å². The number of nitrogens with zero attached hydrogens (tertiary/aromatic N) is 2. The molecular weight excluding hydrogens is 423 g/mol. The van der Waals surface area contributed by atoms with Crippen molar-refractivity contribution < 1.29 is 4.52 Å². The summed E-state index contributed by atoms with van der Waals surface area (Å²) in [6, 6.07) is 4.15. The standard InChI is InChI=1S/C16H24N4OS.HI/c1-5-17-16(19-10-14-7-6-8-22-14)18-9-11(2)15-12(3)20-21-13(15)4;/h6-8,11H,5,9-10H2,1-4H3,(H2,17,18,19);1H. The summed E-state index contributed by atoms with van der Waals surface area (Å²) in [6.45, 7) is 10.5. The Bertz CT molecular complexity index is 590. The summed E-state index contributed by atoms with van der Waals surface area (Å²) in [5.74, 6) is 2.05. The van der Waals surface area contributed by atoms with Gasteiger partial charge in [-0.05, 0) is 32.2 Å². The number of aliphatic imine (C=N–C) groups is 1. The fraction of sp³-hybridized carbons (Fsp3) is 0.500. The fourth-order valence-electron chi connectivity index (χ4n) is 2.45. The van der Waals surface area contributed by atoms with Crippen LogP contribution in [0.1, 0.15) is 41.7 Å². The molecule has 0 saturated heterocycles. The minimum absolute atomic E-state index is 0. The Hall–Kier alpha value is -1.09. The average molecular weight is 448 g/mol. The third kappa shape index (κ3) is 5.80. The van der Waals surface area contributed by atoms with Gasteiger partial charge < -0.3 is 15.2 Å². The monoisotopic (exact) mass is 448 g/mol. The van der Waals surface area contributed by atoms with Crippen LogP contribution >= 0.6 is 35.3 Å². The second-order valence-electron chi connectivity index (χ2n) is 5.29. The molecule has 5 nitrogen and oxygen atoms in total. The summed E-state index contributed by atoms with van der Waals surface area (Å²) in [6.07, 6.45) is 0. The molecular formula is C16H25IN4OS. The first-order valence-corrected chi connectivity index (χ1v) is 8.47. The molecule has 2 N–H and O–H groups in total. The number of thiophene rings is 1. The maximum absolute atomic E-state index is 5.24. The number of guanidine groups is 1. The first-order valence-electron chi connectivity index (χ1n) is 7.59. The van der Waals surface area contributed by atoms with Gasteiger partial charge in [-0.25, -0.2) is 4.99 Å². The Morgan fingerprint density at radius 1 is 1.39 bits per heavy atom. The molecule has 0 spiro atoms. The first kappa shape index (κ1) is 20.0. The van der Waals surface area contributed by atoms with Gasteiger partial charge in [-0.15, -0.1) is 35.3 Å². The van der Waals surface area contributed by atoms with E-state index in [1.54, 1.807) is 11.3 Å². The largest absolute Gasteiger partial charge is 0.361 e. The zero-order valence-corrected chi connectivity index (χ0v) is 17.2. The molecule has 0 aliphatic heterocycles. The smallest absolute Gasteiger partial charge is 0.191 e. The van der Waals surface area contributed by atoms with Crippen LogP contribution in [0.4, 0.5) is 0 Å². The van der Waals surface area contributed by atoms with Crippen LogP contribution in [0.5, 0.6) is 0 Å². The van der Waals surface area contributed by atoms with Crippen molar-refractivity contribution in [1.82, 2.24) is 15.8 Å². The lowest BCUT2D eigenvalue weighted by molar-refractivity contribution is 0.391. The maximum atomic E-state index is 5.24. The highest BCUT2D eigenvalue weighted by Crippen LogP contribution is 2.22. The summed E-state index contributed by atoms with van der Waals surface area (Å²) in [7, 11) is 0. The maximum Gasteiger partial charge on any atom is 0.191 e. The van der Waals surface area contributed by atoms with Crippen molar-refractivity contribution in [2.45, 2.75) is 40.2 Å². The van der Waals surface area contributed by atoms with E-state index in [9.17, 15) is 0 Å². The van der Waals surface area contributed by atoms with E-state index in [4.69, 9.17) is 4.52 Å². The number of rotatable bonds is 6. The van der Waals surface area contributed by atoms with E-state index in [-0.39, 0.29) is 24.0 Å². The van der Waals surface area contributed by atoms with Gasteiger partial charge in [0.05, 0.1) is 12.2 Å². The highest BCUT2D eigenvalue weighted by atomic mass is 127. The van der Waals surface area contributed by atoms with Crippen molar-refractivity contribution in [2.75, 3.05) is 13.1 Å². The van der Waals surface area contributed by atoms with E-state index >= 15 is 0 Å². The molecule has 1 unspecified atom stereocenters. The minimum atomic E-state index is 0. The lowest BCUT2D eigenvalue weighted by Crippen LogP contribution is -2.39. The summed E-state index contributed by atoms with van der Waals surface area (Å²) in [4.78, 5) is 5.88. The molecule has 0 amide bonds. The molecule has 0 bridgehead atoms. The Morgan fingerprint density at radius 2 is 2.17 bits per heavy atom. The normalized spacial score (nSPS) is 12.6.